The Bertz CT molecular complexity index is 463. The quantitative estimate of drug-likeness (QED) is 0.545. The van der Waals surface area contributed by atoms with Gasteiger partial charge < -0.3 is 10.7 Å². The van der Waals surface area contributed by atoms with Gasteiger partial charge in [0.25, 0.3) is 5.91 Å². The smallest absolute Gasteiger partial charge is 0.253 e. The van der Waals surface area contributed by atoms with Crippen LogP contribution in [0.25, 0.3) is 0 Å². The fraction of sp³-hybridized carbons (Fsp3) is 0.417. The van der Waals surface area contributed by atoms with E-state index >= 15 is 0 Å². The van der Waals surface area contributed by atoms with Crippen LogP contribution >= 0.6 is 0 Å². The van der Waals surface area contributed by atoms with Gasteiger partial charge in [0.2, 0.25) is 0 Å². The highest BCUT2D eigenvalue weighted by atomic mass is 32.2. The molecule has 0 saturated carbocycles. The number of nitrogens with one attached hydrogen (secondary N) is 2. The molecule has 0 heterocycles. The van der Waals surface area contributed by atoms with E-state index in [9.17, 15) is 9.00 Å². The molecule has 2 atom stereocenters. The Labute approximate surface area is 110 Å². The summed E-state index contributed by atoms with van der Waals surface area (Å²) in [6.45, 7) is 4.12. The number of carbonyl (C=O) groups excluding carboxylic acids is 1. The molecule has 0 saturated heterocycles. The summed E-state index contributed by atoms with van der Waals surface area (Å²) in [5.41, 5.74) is 4.59. The van der Waals surface area contributed by atoms with E-state index in [1.807, 2.05) is 19.9 Å². The molecule has 2 unspecified atom stereocenters. The molecular weight excluding hydrogens is 250 g/mol. The predicted octanol–water partition coefficient (Wildman–Crippen LogP) is 0.777. The van der Waals surface area contributed by atoms with Crippen LogP contribution in [0.5, 0.6) is 0 Å². The summed E-state index contributed by atoms with van der Waals surface area (Å²) in [4.78, 5) is 12.0. The molecule has 1 aromatic rings. The van der Waals surface area contributed by atoms with Crippen molar-refractivity contribution in [1.29, 1.82) is 0 Å². The van der Waals surface area contributed by atoms with Gasteiger partial charge in [-0.3, -0.25) is 14.8 Å². The van der Waals surface area contributed by atoms with Gasteiger partial charge >= 0.3 is 0 Å². The van der Waals surface area contributed by atoms with E-state index in [2.05, 4.69) is 10.7 Å². The molecule has 0 aromatic heterocycles. The maximum atomic E-state index is 12.0. The first-order valence-electron chi connectivity index (χ1n) is 5.63. The summed E-state index contributed by atoms with van der Waals surface area (Å²) in [6.07, 6.45) is 1.62. The Morgan fingerprint density at radius 1 is 1.50 bits per heavy atom. The van der Waals surface area contributed by atoms with Crippen molar-refractivity contribution in [2.24, 2.45) is 5.84 Å². The molecule has 100 valence electrons. The molecule has 0 bridgehead atoms. The van der Waals surface area contributed by atoms with Crippen LogP contribution in [-0.4, -0.2) is 28.2 Å². The number of hydrogen-bond donors (Lipinski definition) is 3. The zero-order valence-electron chi connectivity index (χ0n) is 10.8. The fourth-order valence-electron chi connectivity index (χ4n) is 1.42. The molecule has 6 heteroatoms. The third-order valence-corrected chi connectivity index (χ3v) is 3.99. The molecule has 0 aliphatic carbocycles. The summed E-state index contributed by atoms with van der Waals surface area (Å²) in [7, 11) is -0.949. The Balaban J connectivity index is 2.75. The molecule has 0 aliphatic rings. The number of benzene rings is 1. The number of rotatable bonds is 5. The van der Waals surface area contributed by atoms with E-state index in [4.69, 9.17) is 5.84 Å². The minimum Gasteiger partial charge on any atom is -0.351 e. The first-order valence-corrected chi connectivity index (χ1v) is 7.25. The molecule has 1 aromatic carbocycles. The number of nitrogens with two attached hydrogens (primary N) is 1. The number of hydrogen-bond acceptors (Lipinski definition) is 4. The van der Waals surface area contributed by atoms with Gasteiger partial charge in [0.05, 0.1) is 11.3 Å². The Kier molecular flexibility index (Phi) is 5.30. The number of carbonyl (C=O) groups is 1. The largest absolute Gasteiger partial charge is 0.351 e. The highest BCUT2D eigenvalue weighted by Gasteiger charge is 2.13. The van der Waals surface area contributed by atoms with Crippen molar-refractivity contribution in [2.75, 3.05) is 18.2 Å². The standard InChI is InChI=1S/C12H19N3O2S/c1-8-4-5-10(11(6-8)15-13)12(16)14-7-9(2)18(3)17/h4-6,9,15H,7,13H2,1-3H3,(H,14,16). The third-order valence-electron chi connectivity index (χ3n) is 2.69. The number of anilines is 1. The van der Waals surface area contributed by atoms with Gasteiger partial charge in [-0.15, -0.1) is 0 Å². The van der Waals surface area contributed by atoms with E-state index in [0.717, 1.165) is 5.56 Å². The van der Waals surface area contributed by atoms with Crippen molar-refractivity contribution in [3.8, 4) is 0 Å². The summed E-state index contributed by atoms with van der Waals surface area (Å²) in [5.74, 6) is 5.16. The number of amides is 1. The highest BCUT2D eigenvalue weighted by Crippen LogP contribution is 2.16. The number of nitrogen functional groups attached to an aromatic ring is 1. The van der Waals surface area contributed by atoms with Crippen LogP contribution in [0.4, 0.5) is 5.69 Å². The van der Waals surface area contributed by atoms with Gasteiger partial charge in [-0.2, -0.15) is 0 Å². The van der Waals surface area contributed by atoms with Gasteiger partial charge in [-0.05, 0) is 31.5 Å². The molecule has 5 nitrogen and oxygen atoms in total. The molecule has 1 amide bonds. The van der Waals surface area contributed by atoms with E-state index in [0.29, 0.717) is 17.8 Å². The van der Waals surface area contributed by atoms with E-state index in [1.165, 1.54) is 0 Å². The third kappa shape index (κ3) is 3.82. The minimum atomic E-state index is -0.949. The lowest BCUT2D eigenvalue weighted by Crippen LogP contribution is -2.33. The first-order chi connectivity index (χ1) is 8.45. The van der Waals surface area contributed by atoms with Crippen LogP contribution in [-0.2, 0) is 10.8 Å². The van der Waals surface area contributed by atoms with Crippen molar-refractivity contribution in [3.05, 3.63) is 29.3 Å². The molecule has 1 rings (SSSR count). The summed E-state index contributed by atoms with van der Waals surface area (Å²) in [6, 6.07) is 5.36. The Morgan fingerprint density at radius 2 is 2.17 bits per heavy atom. The van der Waals surface area contributed by atoms with Crippen molar-refractivity contribution < 1.29 is 9.00 Å². The second-order valence-corrected chi connectivity index (χ2v) is 6.01. The predicted molar refractivity (Wildman–Crippen MR) is 74.9 cm³/mol. The van der Waals surface area contributed by atoms with Crippen LogP contribution in [0.1, 0.15) is 22.8 Å². The van der Waals surface area contributed by atoms with Crippen LogP contribution in [0.3, 0.4) is 0 Å². The maximum Gasteiger partial charge on any atom is 0.253 e. The second-order valence-electron chi connectivity index (χ2n) is 4.21. The molecule has 0 spiro atoms. The van der Waals surface area contributed by atoms with Crippen LogP contribution in [0, 0.1) is 6.92 Å². The monoisotopic (exact) mass is 269 g/mol. The summed E-state index contributed by atoms with van der Waals surface area (Å²) in [5, 5.41) is 2.67. The van der Waals surface area contributed by atoms with E-state index in [-0.39, 0.29) is 11.2 Å². The SMILES string of the molecule is Cc1ccc(C(=O)NCC(C)S(C)=O)c(NN)c1. The topological polar surface area (TPSA) is 84.2 Å². The van der Waals surface area contributed by atoms with Crippen LogP contribution in [0.15, 0.2) is 18.2 Å². The van der Waals surface area contributed by atoms with Gasteiger partial charge in [-0.1, -0.05) is 6.07 Å². The molecule has 0 fully saturated rings. The molecule has 0 radical (unpaired) electrons. The zero-order chi connectivity index (χ0) is 13.7. The van der Waals surface area contributed by atoms with Crippen molar-refractivity contribution in [1.82, 2.24) is 5.32 Å². The Hall–Kier alpha value is -1.40. The lowest BCUT2D eigenvalue weighted by molar-refractivity contribution is 0.0955. The maximum absolute atomic E-state index is 12.0. The van der Waals surface area contributed by atoms with Gasteiger partial charge in [-0.25, -0.2) is 0 Å². The fourth-order valence-corrected chi connectivity index (χ4v) is 1.74. The number of aryl methyl sites for hydroxylation is 1. The lowest BCUT2D eigenvalue weighted by Gasteiger charge is -2.12. The highest BCUT2D eigenvalue weighted by molar-refractivity contribution is 7.84. The van der Waals surface area contributed by atoms with Crippen molar-refractivity contribution in [3.63, 3.8) is 0 Å². The second kappa shape index (κ2) is 6.51. The molecule has 4 N–H and O–H groups in total. The Morgan fingerprint density at radius 3 is 2.72 bits per heavy atom. The summed E-state index contributed by atoms with van der Waals surface area (Å²) >= 11 is 0. The van der Waals surface area contributed by atoms with Gasteiger partial charge in [0, 0.05) is 28.9 Å². The molecule has 18 heavy (non-hydrogen) atoms. The van der Waals surface area contributed by atoms with Crippen molar-refractivity contribution in [2.45, 2.75) is 19.1 Å². The average Bonchev–Trinajstić information content (AvgIpc) is 2.34. The minimum absolute atomic E-state index is 0.0753. The van der Waals surface area contributed by atoms with Crippen molar-refractivity contribution >= 4 is 22.4 Å². The van der Waals surface area contributed by atoms with E-state index < -0.39 is 10.8 Å². The number of hydrazine groups is 1. The van der Waals surface area contributed by atoms with Crippen LogP contribution in [0.2, 0.25) is 0 Å². The van der Waals surface area contributed by atoms with Gasteiger partial charge in [0.1, 0.15) is 0 Å². The van der Waals surface area contributed by atoms with Crippen LogP contribution < -0.4 is 16.6 Å². The van der Waals surface area contributed by atoms with E-state index in [1.54, 1.807) is 18.4 Å². The van der Waals surface area contributed by atoms with Gasteiger partial charge in [0.15, 0.2) is 0 Å². The zero-order valence-corrected chi connectivity index (χ0v) is 11.6. The molecule has 0 aliphatic heterocycles. The average molecular weight is 269 g/mol. The molecular formula is C12H19N3O2S. The first kappa shape index (κ1) is 14.7. The lowest BCUT2D eigenvalue weighted by atomic mass is 10.1. The summed E-state index contributed by atoms with van der Waals surface area (Å²) < 4.78 is 11.2. The normalized spacial score (nSPS) is 13.8.